The van der Waals surface area contributed by atoms with E-state index >= 15 is 0 Å². The summed E-state index contributed by atoms with van der Waals surface area (Å²) in [5, 5.41) is 2.74. The summed E-state index contributed by atoms with van der Waals surface area (Å²) < 4.78 is 18.4. The van der Waals surface area contributed by atoms with Gasteiger partial charge in [0.1, 0.15) is 17.6 Å². The van der Waals surface area contributed by atoms with Gasteiger partial charge in [0.05, 0.1) is 13.5 Å². The minimum absolute atomic E-state index is 0.0820. The highest BCUT2D eigenvalue weighted by atomic mass is 19.1. The third-order valence-corrected chi connectivity index (χ3v) is 6.12. The lowest BCUT2D eigenvalue weighted by molar-refractivity contribution is -0.138. The van der Waals surface area contributed by atoms with Gasteiger partial charge in [-0.3, -0.25) is 14.4 Å². The Hall–Kier alpha value is -3.62. The van der Waals surface area contributed by atoms with Gasteiger partial charge in [-0.1, -0.05) is 0 Å². The number of halogens is 1. The topological polar surface area (TPSA) is 82.2 Å². The van der Waals surface area contributed by atoms with E-state index in [-0.39, 0.29) is 29.7 Å². The largest absolute Gasteiger partial charge is 0.497 e. The van der Waals surface area contributed by atoms with Crippen molar-refractivity contribution in [2.24, 2.45) is 0 Å². The fourth-order valence-electron chi connectivity index (χ4n) is 4.22. The SMILES string of the molecule is COc1ccc(N2CCN(C(=O)CC3C(=O)NCCN3C(=O)c3ccc(F)cc3)CC2)cc1. The molecule has 2 fully saturated rings. The number of rotatable bonds is 5. The molecule has 2 saturated heterocycles. The summed E-state index contributed by atoms with van der Waals surface area (Å²) in [6.07, 6.45) is -0.0820. The van der Waals surface area contributed by atoms with Crippen molar-refractivity contribution in [2.75, 3.05) is 51.3 Å². The predicted molar refractivity (Wildman–Crippen MR) is 121 cm³/mol. The van der Waals surface area contributed by atoms with Gasteiger partial charge >= 0.3 is 0 Å². The Morgan fingerprint density at radius 3 is 2.30 bits per heavy atom. The molecule has 9 heteroatoms. The minimum Gasteiger partial charge on any atom is -0.497 e. The Morgan fingerprint density at radius 2 is 1.67 bits per heavy atom. The summed E-state index contributed by atoms with van der Waals surface area (Å²) >= 11 is 0. The van der Waals surface area contributed by atoms with Gasteiger partial charge in [-0.15, -0.1) is 0 Å². The molecule has 174 valence electrons. The molecule has 1 atom stereocenters. The monoisotopic (exact) mass is 454 g/mol. The van der Waals surface area contributed by atoms with Crippen molar-refractivity contribution in [1.82, 2.24) is 15.1 Å². The van der Waals surface area contributed by atoms with Crippen LogP contribution in [0.1, 0.15) is 16.8 Å². The molecule has 1 unspecified atom stereocenters. The summed E-state index contributed by atoms with van der Waals surface area (Å²) in [6.45, 7) is 3.03. The maximum Gasteiger partial charge on any atom is 0.254 e. The van der Waals surface area contributed by atoms with E-state index in [0.717, 1.165) is 11.4 Å². The number of amides is 3. The van der Waals surface area contributed by atoms with Crippen molar-refractivity contribution in [3.63, 3.8) is 0 Å². The number of carbonyl (C=O) groups excluding carboxylic acids is 3. The lowest BCUT2D eigenvalue weighted by Crippen LogP contribution is -2.59. The van der Waals surface area contributed by atoms with Crippen LogP contribution >= 0.6 is 0 Å². The maximum absolute atomic E-state index is 13.2. The molecule has 2 aromatic carbocycles. The molecule has 2 heterocycles. The molecule has 1 N–H and O–H groups in total. The molecule has 0 aliphatic carbocycles. The highest BCUT2D eigenvalue weighted by molar-refractivity contribution is 5.99. The van der Waals surface area contributed by atoms with Crippen LogP contribution in [-0.4, -0.2) is 79.9 Å². The van der Waals surface area contributed by atoms with E-state index in [9.17, 15) is 18.8 Å². The average molecular weight is 455 g/mol. The summed E-state index contributed by atoms with van der Waals surface area (Å²) in [6, 6.07) is 12.1. The van der Waals surface area contributed by atoms with Crippen molar-refractivity contribution >= 4 is 23.4 Å². The number of piperazine rings is 2. The summed E-state index contributed by atoms with van der Waals surface area (Å²) in [4.78, 5) is 43.9. The first-order valence-electron chi connectivity index (χ1n) is 11.0. The second-order valence-electron chi connectivity index (χ2n) is 8.08. The van der Waals surface area contributed by atoms with E-state index in [0.29, 0.717) is 39.3 Å². The Balaban J connectivity index is 1.38. The van der Waals surface area contributed by atoms with Gasteiger partial charge in [0, 0.05) is 50.5 Å². The third-order valence-electron chi connectivity index (χ3n) is 6.12. The lowest BCUT2D eigenvalue weighted by atomic mass is 10.0. The molecule has 0 radical (unpaired) electrons. The van der Waals surface area contributed by atoms with Crippen molar-refractivity contribution in [3.8, 4) is 5.75 Å². The standard InChI is InChI=1S/C24H27FN4O4/c1-33-20-8-6-19(7-9-20)27-12-14-28(15-13-27)22(30)16-21-23(31)26-10-11-29(21)24(32)17-2-4-18(25)5-3-17/h2-9,21H,10-16H2,1H3,(H,26,31). The van der Waals surface area contributed by atoms with Gasteiger partial charge in [0.15, 0.2) is 0 Å². The van der Waals surface area contributed by atoms with Gasteiger partial charge in [-0.05, 0) is 48.5 Å². The van der Waals surface area contributed by atoms with E-state index < -0.39 is 11.9 Å². The first-order chi connectivity index (χ1) is 16.0. The molecule has 2 aromatic rings. The first kappa shape index (κ1) is 22.6. The molecule has 4 rings (SSSR count). The molecule has 0 spiro atoms. The summed E-state index contributed by atoms with van der Waals surface area (Å²) in [5.74, 6) is -0.543. The molecule has 2 aliphatic rings. The third kappa shape index (κ3) is 5.08. The van der Waals surface area contributed by atoms with Crippen molar-refractivity contribution in [3.05, 3.63) is 59.9 Å². The van der Waals surface area contributed by atoms with Crippen molar-refractivity contribution in [1.29, 1.82) is 0 Å². The highest BCUT2D eigenvalue weighted by Gasteiger charge is 2.36. The van der Waals surface area contributed by atoms with E-state index in [1.165, 1.54) is 29.2 Å². The zero-order chi connectivity index (χ0) is 23.4. The predicted octanol–water partition coefficient (Wildman–Crippen LogP) is 1.51. The Bertz CT molecular complexity index is 1000. The zero-order valence-corrected chi connectivity index (χ0v) is 18.5. The van der Waals surface area contributed by atoms with E-state index in [1.807, 2.05) is 24.3 Å². The Labute approximate surface area is 191 Å². The zero-order valence-electron chi connectivity index (χ0n) is 18.5. The second-order valence-corrected chi connectivity index (χ2v) is 8.08. The van der Waals surface area contributed by atoms with Crippen LogP contribution in [0, 0.1) is 5.82 Å². The van der Waals surface area contributed by atoms with E-state index in [1.54, 1.807) is 12.0 Å². The number of ether oxygens (including phenoxy) is 1. The van der Waals surface area contributed by atoms with E-state index in [2.05, 4.69) is 10.2 Å². The summed E-state index contributed by atoms with van der Waals surface area (Å²) in [5.41, 5.74) is 1.35. The van der Waals surface area contributed by atoms with Gasteiger partial charge in [0.2, 0.25) is 11.8 Å². The molecule has 0 aromatic heterocycles. The molecule has 0 saturated carbocycles. The molecular formula is C24H27FN4O4. The number of hydrogen-bond donors (Lipinski definition) is 1. The number of carbonyl (C=O) groups is 3. The maximum atomic E-state index is 13.2. The molecule has 8 nitrogen and oxygen atoms in total. The van der Waals surface area contributed by atoms with Crippen LogP contribution in [0.25, 0.3) is 0 Å². The number of nitrogens with zero attached hydrogens (tertiary/aromatic N) is 3. The van der Waals surface area contributed by atoms with Crippen LogP contribution in [0.15, 0.2) is 48.5 Å². The van der Waals surface area contributed by atoms with Crippen LogP contribution in [0.2, 0.25) is 0 Å². The minimum atomic E-state index is -0.886. The number of anilines is 1. The Morgan fingerprint density at radius 1 is 1.00 bits per heavy atom. The van der Waals surface area contributed by atoms with Crippen molar-refractivity contribution < 1.29 is 23.5 Å². The first-order valence-corrected chi connectivity index (χ1v) is 11.0. The highest BCUT2D eigenvalue weighted by Crippen LogP contribution is 2.21. The van der Waals surface area contributed by atoms with Crippen LogP contribution in [0.4, 0.5) is 10.1 Å². The number of nitrogens with one attached hydrogen (secondary N) is 1. The fourth-order valence-corrected chi connectivity index (χ4v) is 4.22. The quantitative estimate of drug-likeness (QED) is 0.741. The van der Waals surface area contributed by atoms with Gasteiger partial charge in [-0.25, -0.2) is 4.39 Å². The molecule has 3 amide bonds. The average Bonchev–Trinajstić information content (AvgIpc) is 2.85. The fraction of sp³-hybridized carbons (Fsp3) is 0.375. The normalized spacial score (nSPS) is 18.7. The van der Waals surface area contributed by atoms with Crippen LogP contribution < -0.4 is 15.0 Å². The summed E-state index contributed by atoms with van der Waals surface area (Å²) in [7, 11) is 1.63. The van der Waals surface area contributed by atoms with Crippen LogP contribution in [0.5, 0.6) is 5.75 Å². The number of methoxy groups -OCH3 is 1. The van der Waals surface area contributed by atoms with Crippen LogP contribution in [0.3, 0.4) is 0 Å². The number of hydrogen-bond acceptors (Lipinski definition) is 5. The second kappa shape index (κ2) is 9.89. The van der Waals surface area contributed by atoms with Crippen LogP contribution in [-0.2, 0) is 9.59 Å². The lowest BCUT2D eigenvalue weighted by Gasteiger charge is -2.39. The van der Waals surface area contributed by atoms with Crippen molar-refractivity contribution in [2.45, 2.75) is 12.5 Å². The van der Waals surface area contributed by atoms with Gasteiger partial charge in [-0.2, -0.15) is 0 Å². The molecule has 0 bridgehead atoms. The molecular weight excluding hydrogens is 427 g/mol. The smallest absolute Gasteiger partial charge is 0.254 e. The molecule has 33 heavy (non-hydrogen) atoms. The molecule has 2 aliphatic heterocycles. The van der Waals surface area contributed by atoms with Gasteiger partial charge < -0.3 is 24.8 Å². The van der Waals surface area contributed by atoms with Gasteiger partial charge in [0.25, 0.3) is 5.91 Å². The number of benzene rings is 2. The van der Waals surface area contributed by atoms with E-state index in [4.69, 9.17) is 4.74 Å². The Kier molecular flexibility index (Phi) is 6.76.